The third-order valence-corrected chi connectivity index (χ3v) is 6.22. The van der Waals surface area contributed by atoms with E-state index in [1.54, 1.807) is 30.3 Å². The number of aliphatic carboxylic acids is 2. The predicted molar refractivity (Wildman–Crippen MR) is 133 cm³/mol. The van der Waals surface area contributed by atoms with Crippen LogP contribution in [0.25, 0.3) is 11.2 Å². The van der Waals surface area contributed by atoms with Gasteiger partial charge < -0.3 is 29.9 Å². The Morgan fingerprint density at radius 2 is 1.90 bits per heavy atom. The molecule has 1 aromatic carbocycles. The Hall–Kier alpha value is -4.22. The standard InChI is InChI=1S/C24H23ClN4O8.CO2/c1-2-24(35)16(11-36-15(22(33)34)10-13-6-4-3-5-7-13)37-21(19(24)32)29-12-26-18-14(8-9-17(30)31)27-23(25)28-20(18)29;2-1-3/h1,3-7,12,15-16,19,21,32,35H,8-11H2,(H,30,31)(H,33,34);/t15?,16-,19+,21-,24-;/m1./s1. The Kier molecular flexibility index (Phi) is 10.0. The maximum absolute atomic E-state index is 11.8. The highest BCUT2D eigenvalue weighted by molar-refractivity contribution is 6.28. The van der Waals surface area contributed by atoms with Crippen molar-refractivity contribution in [2.45, 2.75) is 49.4 Å². The number of imidazole rings is 1. The Balaban J connectivity index is 0.00000141. The van der Waals surface area contributed by atoms with Crippen LogP contribution in [0.2, 0.25) is 5.28 Å². The Labute approximate surface area is 231 Å². The fraction of sp³-hybridized carbons (Fsp3) is 0.360. The first-order valence-corrected chi connectivity index (χ1v) is 12.0. The molecule has 0 amide bonds. The van der Waals surface area contributed by atoms with Crippen molar-refractivity contribution in [3.63, 3.8) is 0 Å². The quantitative estimate of drug-likeness (QED) is 0.189. The number of aryl methyl sites for hydroxylation is 1. The molecular weight excluding hydrogens is 552 g/mol. The highest BCUT2D eigenvalue weighted by Crippen LogP contribution is 2.38. The molecule has 4 rings (SSSR count). The summed E-state index contributed by atoms with van der Waals surface area (Å²) in [5, 5.41) is 40.4. The molecule has 5 atom stereocenters. The van der Waals surface area contributed by atoms with E-state index in [9.17, 15) is 24.9 Å². The number of benzene rings is 1. The number of nitrogens with zero attached hydrogens (tertiary/aromatic N) is 4. The van der Waals surface area contributed by atoms with Crippen molar-refractivity contribution < 1.29 is 49.1 Å². The highest BCUT2D eigenvalue weighted by atomic mass is 35.5. The molecule has 40 heavy (non-hydrogen) atoms. The summed E-state index contributed by atoms with van der Waals surface area (Å²) in [6.45, 7) is -0.440. The van der Waals surface area contributed by atoms with E-state index in [2.05, 4.69) is 20.9 Å². The number of fused-ring (bicyclic) bond motifs is 1. The zero-order valence-electron chi connectivity index (χ0n) is 20.6. The molecule has 2 aromatic heterocycles. The molecule has 3 aromatic rings. The first-order chi connectivity index (χ1) is 19.0. The summed E-state index contributed by atoms with van der Waals surface area (Å²) >= 11 is 6.03. The largest absolute Gasteiger partial charge is 0.481 e. The molecule has 1 fully saturated rings. The fourth-order valence-corrected chi connectivity index (χ4v) is 4.28. The number of halogens is 1. The van der Waals surface area contributed by atoms with Crippen molar-refractivity contribution >= 4 is 40.9 Å². The maximum atomic E-state index is 11.8. The van der Waals surface area contributed by atoms with Gasteiger partial charge in [0.2, 0.25) is 5.28 Å². The SMILES string of the molecule is C#C[C@@]1(O)[C@@H](COC(Cc2ccccc2)C(=O)O)O[C@@H](n2cnc3c(CCC(=O)O)nc(Cl)nc32)[C@@H]1O.O=C=O. The molecule has 0 spiro atoms. The van der Waals surface area contributed by atoms with Gasteiger partial charge >= 0.3 is 18.1 Å². The van der Waals surface area contributed by atoms with Crippen molar-refractivity contribution in [2.24, 2.45) is 0 Å². The van der Waals surface area contributed by atoms with Crippen LogP contribution in [0.1, 0.15) is 23.9 Å². The number of carboxylic acid groups (broad SMARTS) is 2. The van der Waals surface area contributed by atoms with Gasteiger partial charge in [0.1, 0.15) is 17.7 Å². The average molecular weight is 575 g/mol. The van der Waals surface area contributed by atoms with Crippen LogP contribution in [0.3, 0.4) is 0 Å². The summed E-state index contributed by atoms with van der Waals surface area (Å²) < 4.78 is 12.7. The lowest BCUT2D eigenvalue weighted by Crippen LogP contribution is -2.48. The number of aromatic nitrogens is 4. The molecule has 15 heteroatoms. The van der Waals surface area contributed by atoms with Crippen LogP contribution >= 0.6 is 11.6 Å². The number of hydrogen-bond donors (Lipinski definition) is 4. The molecule has 1 aliphatic heterocycles. The molecule has 0 saturated carbocycles. The van der Waals surface area contributed by atoms with E-state index in [0.717, 1.165) is 5.56 Å². The van der Waals surface area contributed by atoms with Gasteiger partial charge in [-0.3, -0.25) is 9.36 Å². The monoisotopic (exact) mass is 574 g/mol. The first-order valence-electron chi connectivity index (χ1n) is 11.6. The van der Waals surface area contributed by atoms with E-state index in [1.165, 1.54) is 10.9 Å². The molecule has 0 bridgehead atoms. The third-order valence-electron chi connectivity index (χ3n) is 6.05. The van der Waals surface area contributed by atoms with Gasteiger partial charge in [-0.25, -0.2) is 14.8 Å². The van der Waals surface area contributed by atoms with Gasteiger partial charge in [0.25, 0.3) is 0 Å². The molecule has 0 radical (unpaired) electrons. The van der Waals surface area contributed by atoms with E-state index in [1.807, 2.05) is 0 Å². The number of carbonyl (C=O) groups excluding carboxylic acids is 2. The number of aliphatic hydroxyl groups is 2. The lowest BCUT2D eigenvalue weighted by molar-refractivity contribution is -0.191. The summed E-state index contributed by atoms with van der Waals surface area (Å²) in [6, 6.07) is 8.85. The van der Waals surface area contributed by atoms with Crippen LogP contribution in [-0.2, 0) is 41.5 Å². The van der Waals surface area contributed by atoms with Gasteiger partial charge in [-0.05, 0) is 17.2 Å². The number of terminal acetylenes is 1. The van der Waals surface area contributed by atoms with Crippen molar-refractivity contribution in [3.8, 4) is 12.3 Å². The molecule has 0 aliphatic carbocycles. The summed E-state index contributed by atoms with van der Waals surface area (Å²) in [7, 11) is 0. The van der Waals surface area contributed by atoms with E-state index >= 15 is 0 Å². The second-order valence-corrected chi connectivity index (χ2v) is 8.86. The van der Waals surface area contributed by atoms with Crippen LogP contribution in [0, 0.1) is 12.3 Å². The number of hydrogen-bond acceptors (Lipinski definition) is 11. The number of aliphatic hydroxyl groups excluding tert-OH is 1. The van der Waals surface area contributed by atoms with Gasteiger partial charge in [-0.2, -0.15) is 14.6 Å². The molecule has 3 heterocycles. The highest BCUT2D eigenvalue weighted by Gasteiger charge is 2.56. The molecule has 1 unspecified atom stereocenters. The topological polar surface area (TPSA) is 211 Å². The lowest BCUT2D eigenvalue weighted by atomic mass is 9.93. The van der Waals surface area contributed by atoms with Crippen LogP contribution in [0.4, 0.5) is 0 Å². The minimum Gasteiger partial charge on any atom is -0.481 e. The zero-order valence-corrected chi connectivity index (χ0v) is 21.3. The van der Waals surface area contributed by atoms with Gasteiger partial charge in [0.05, 0.1) is 25.0 Å². The zero-order chi connectivity index (χ0) is 29.4. The molecule has 1 aliphatic rings. The maximum Gasteiger partial charge on any atom is 0.373 e. The lowest BCUT2D eigenvalue weighted by Gasteiger charge is -2.26. The van der Waals surface area contributed by atoms with Crippen LogP contribution in [0.15, 0.2) is 36.7 Å². The smallest absolute Gasteiger partial charge is 0.373 e. The number of carboxylic acids is 2. The minimum atomic E-state index is -2.24. The summed E-state index contributed by atoms with van der Waals surface area (Å²) in [5.41, 5.74) is -0.870. The van der Waals surface area contributed by atoms with E-state index < -0.39 is 48.7 Å². The van der Waals surface area contributed by atoms with Crippen LogP contribution < -0.4 is 0 Å². The van der Waals surface area contributed by atoms with Crippen LogP contribution in [0.5, 0.6) is 0 Å². The Bertz CT molecular complexity index is 1440. The number of ether oxygens (including phenoxy) is 2. The van der Waals surface area contributed by atoms with Crippen molar-refractivity contribution in [1.82, 2.24) is 19.5 Å². The third kappa shape index (κ3) is 6.67. The van der Waals surface area contributed by atoms with Crippen molar-refractivity contribution in [3.05, 3.63) is 53.2 Å². The summed E-state index contributed by atoms with van der Waals surface area (Å²) in [4.78, 5) is 51.4. The molecule has 14 nitrogen and oxygen atoms in total. The van der Waals surface area contributed by atoms with E-state index in [-0.39, 0.29) is 47.6 Å². The number of rotatable bonds is 10. The molecular formula is C25H23ClN4O10. The average Bonchev–Trinajstić information content (AvgIpc) is 3.44. The van der Waals surface area contributed by atoms with E-state index in [4.69, 9.17) is 42.2 Å². The Morgan fingerprint density at radius 3 is 2.50 bits per heavy atom. The van der Waals surface area contributed by atoms with Crippen molar-refractivity contribution in [1.29, 1.82) is 0 Å². The van der Waals surface area contributed by atoms with Gasteiger partial charge in [-0.1, -0.05) is 36.3 Å². The summed E-state index contributed by atoms with van der Waals surface area (Å²) in [5.74, 6) is -0.121. The Morgan fingerprint density at radius 1 is 1.23 bits per heavy atom. The van der Waals surface area contributed by atoms with E-state index in [0.29, 0.717) is 0 Å². The van der Waals surface area contributed by atoms with Crippen molar-refractivity contribution in [2.75, 3.05) is 6.61 Å². The van der Waals surface area contributed by atoms with Gasteiger partial charge in [0.15, 0.2) is 23.6 Å². The second kappa shape index (κ2) is 13.2. The fourth-order valence-electron chi connectivity index (χ4n) is 4.10. The molecule has 4 N–H and O–H groups in total. The van der Waals surface area contributed by atoms with Gasteiger partial charge in [0, 0.05) is 12.8 Å². The molecule has 210 valence electrons. The first kappa shape index (κ1) is 30.3. The minimum absolute atomic E-state index is 0.0297. The van der Waals surface area contributed by atoms with Gasteiger partial charge in [-0.15, -0.1) is 6.42 Å². The molecule has 1 saturated heterocycles. The number of carbonyl (C=O) groups is 2. The summed E-state index contributed by atoms with van der Waals surface area (Å²) in [6.07, 6.45) is 1.38. The predicted octanol–water partition coefficient (Wildman–Crippen LogP) is 0.248. The normalized spacial score (nSPS) is 22.5. The van der Waals surface area contributed by atoms with Crippen LogP contribution in [-0.4, -0.2) is 88.6 Å². The second-order valence-electron chi connectivity index (χ2n) is 8.52.